The molecule has 132 valence electrons. The molecule has 25 heavy (non-hydrogen) atoms. The molecule has 1 fully saturated rings. The van der Waals surface area contributed by atoms with E-state index in [0.29, 0.717) is 18.1 Å². The molecule has 1 aliphatic heterocycles. The maximum Gasteiger partial charge on any atom is 0.231 e. The minimum absolute atomic E-state index is 0.0654. The van der Waals surface area contributed by atoms with Crippen molar-refractivity contribution in [3.8, 4) is 0 Å². The van der Waals surface area contributed by atoms with Gasteiger partial charge in [0.2, 0.25) is 16.9 Å². The van der Waals surface area contributed by atoms with Crippen LogP contribution in [0.15, 0.2) is 30.3 Å². The molecule has 2 aromatic rings. The van der Waals surface area contributed by atoms with Crippen LogP contribution in [0.5, 0.6) is 0 Å². The number of carbonyl (C=O) groups is 2. The second-order valence-electron chi connectivity index (χ2n) is 6.25. The maximum atomic E-state index is 12.4. The minimum atomic E-state index is -0.300. The van der Waals surface area contributed by atoms with E-state index in [1.165, 1.54) is 11.3 Å². The lowest BCUT2D eigenvalue weighted by Gasteiger charge is -2.15. The van der Waals surface area contributed by atoms with Gasteiger partial charge in [-0.05, 0) is 12.0 Å². The zero-order valence-electron chi connectivity index (χ0n) is 14.3. The van der Waals surface area contributed by atoms with Crippen LogP contribution in [0.1, 0.15) is 36.8 Å². The predicted octanol–water partition coefficient (Wildman–Crippen LogP) is 2.72. The van der Waals surface area contributed by atoms with E-state index in [-0.39, 0.29) is 24.2 Å². The largest absolute Gasteiger partial charge is 0.342 e. The molecule has 3 rings (SSSR count). The van der Waals surface area contributed by atoms with Crippen molar-refractivity contribution >= 4 is 28.3 Å². The number of likely N-dealkylation sites (tertiary alicyclic amines) is 1. The molecule has 1 atom stereocenters. The van der Waals surface area contributed by atoms with Crippen LogP contribution in [0.2, 0.25) is 0 Å². The van der Waals surface area contributed by atoms with Crippen LogP contribution in [0.4, 0.5) is 5.13 Å². The number of amides is 2. The Morgan fingerprint density at radius 1 is 1.32 bits per heavy atom. The Morgan fingerprint density at radius 3 is 2.88 bits per heavy atom. The zero-order valence-corrected chi connectivity index (χ0v) is 15.1. The van der Waals surface area contributed by atoms with Gasteiger partial charge in [0.1, 0.15) is 5.01 Å². The number of hydrogen-bond acceptors (Lipinski definition) is 5. The third-order valence-electron chi connectivity index (χ3n) is 4.26. The Hall–Kier alpha value is -2.28. The Kier molecular flexibility index (Phi) is 5.75. The number of aromatic nitrogens is 2. The highest BCUT2D eigenvalue weighted by Gasteiger charge is 2.34. The summed E-state index contributed by atoms with van der Waals surface area (Å²) in [5.74, 6) is -0.379. The van der Waals surface area contributed by atoms with Crippen molar-refractivity contribution in [1.82, 2.24) is 15.1 Å². The van der Waals surface area contributed by atoms with E-state index in [0.717, 1.165) is 30.0 Å². The van der Waals surface area contributed by atoms with Crippen LogP contribution in [-0.4, -0.2) is 40.0 Å². The highest BCUT2D eigenvalue weighted by molar-refractivity contribution is 7.15. The molecule has 1 aliphatic rings. The number of rotatable bonds is 7. The third-order valence-corrected chi connectivity index (χ3v) is 5.10. The summed E-state index contributed by atoms with van der Waals surface area (Å²) in [4.78, 5) is 26.2. The maximum absolute atomic E-state index is 12.4. The first-order chi connectivity index (χ1) is 12.2. The van der Waals surface area contributed by atoms with Crippen molar-refractivity contribution in [2.24, 2.45) is 5.92 Å². The molecule has 0 saturated carbocycles. The van der Waals surface area contributed by atoms with Crippen molar-refractivity contribution in [2.75, 3.05) is 18.4 Å². The topological polar surface area (TPSA) is 75.2 Å². The first-order valence-electron chi connectivity index (χ1n) is 8.60. The molecule has 0 spiro atoms. The van der Waals surface area contributed by atoms with Gasteiger partial charge in [0.15, 0.2) is 0 Å². The lowest BCUT2D eigenvalue weighted by atomic mass is 10.1. The van der Waals surface area contributed by atoms with Gasteiger partial charge in [-0.3, -0.25) is 9.59 Å². The first-order valence-corrected chi connectivity index (χ1v) is 9.42. The van der Waals surface area contributed by atoms with Gasteiger partial charge in [0, 0.05) is 25.9 Å². The van der Waals surface area contributed by atoms with E-state index in [1.54, 1.807) is 4.90 Å². The highest BCUT2D eigenvalue weighted by Crippen LogP contribution is 2.23. The fourth-order valence-electron chi connectivity index (χ4n) is 2.87. The van der Waals surface area contributed by atoms with E-state index in [1.807, 2.05) is 30.3 Å². The summed E-state index contributed by atoms with van der Waals surface area (Å²) in [7, 11) is 0. The molecule has 2 amide bonds. The van der Waals surface area contributed by atoms with Crippen LogP contribution < -0.4 is 5.32 Å². The van der Waals surface area contributed by atoms with Crippen LogP contribution in [0, 0.1) is 5.92 Å². The van der Waals surface area contributed by atoms with Gasteiger partial charge in [-0.15, -0.1) is 10.2 Å². The molecule has 0 unspecified atom stereocenters. The smallest absolute Gasteiger partial charge is 0.231 e. The van der Waals surface area contributed by atoms with Gasteiger partial charge in [-0.1, -0.05) is 55.0 Å². The summed E-state index contributed by atoms with van der Waals surface area (Å²) in [5.41, 5.74) is 1.16. The molecular weight excluding hydrogens is 336 g/mol. The zero-order chi connectivity index (χ0) is 17.6. The van der Waals surface area contributed by atoms with E-state index >= 15 is 0 Å². The highest BCUT2D eigenvalue weighted by atomic mass is 32.1. The second kappa shape index (κ2) is 8.20. The van der Waals surface area contributed by atoms with E-state index < -0.39 is 0 Å². The number of carbonyl (C=O) groups excluding carboxylic acids is 2. The summed E-state index contributed by atoms with van der Waals surface area (Å²) in [5, 5.41) is 12.4. The number of nitrogens with one attached hydrogen (secondary N) is 1. The normalized spacial score (nSPS) is 17.1. The standard InChI is InChI=1S/C18H22N4O2S/c1-2-3-9-22-12-14(11-16(22)23)17(24)19-18-21-20-15(25-18)10-13-7-5-4-6-8-13/h4-8,14H,2-3,9-12H2,1H3,(H,19,21,24)/t14-/m0/s1. The van der Waals surface area contributed by atoms with Crippen molar-refractivity contribution < 1.29 is 9.59 Å². The summed E-state index contributed by atoms with van der Waals surface area (Å²) in [6.07, 6.45) is 2.99. The van der Waals surface area contributed by atoms with Crippen molar-refractivity contribution in [3.05, 3.63) is 40.9 Å². The minimum Gasteiger partial charge on any atom is -0.342 e. The summed E-state index contributed by atoms with van der Waals surface area (Å²) in [6, 6.07) is 10.0. The quantitative estimate of drug-likeness (QED) is 0.826. The second-order valence-corrected chi connectivity index (χ2v) is 7.31. The Balaban J connectivity index is 1.54. The van der Waals surface area contributed by atoms with Gasteiger partial charge < -0.3 is 10.2 Å². The van der Waals surface area contributed by atoms with Gasteiger partial charge >= 0.3 is 0 Å². The molecule has 7 heteroatoms. The number of nitrogens with zero attached hydrogens (tertiary/aromatic N) is 3. The van der Waals surface area contributed by atoms with Crippen LogP contribution in [0.25, 0.3) is 0 Å². The SMILES string of the molecule is CCCCN1C[C@@H](C(=O)Nc2nnc(Cc3ccccc3)s2)CC1=O. The van der Waals surface area contributed by atoms with Gasteiger partial charge in [-0.2, -0.15) is 0 Å². The van der Waals surface area contributed by atoms with Crippen LogP contribution >= 0.6 is 11.3 Å². The average Bonchev–Trinajstić information content (AvgIpc) is 3.20. The molecule has 1 aromatic carbocycles. The van der Waals surface area contributed by atoms with Crippen LogP contribution in [0.3, 0.4) is 0 Å². The van der Waals surface area contributed by atoms with Crippen molar-refractivity contribution in [3.63, 3.8) is 0 Å². The summed E-state index contributed by atoms with van der Waals surface area (Å²) >= 11 is 1.38. The molecule has 1 saturated heterocycles. The molecule has 0 aliphatic carbocycles. The van der Waals surface area contributed by atoms with Crippen molar-refractivity contribution in [2.45, 2.75) is 32.6 Å². The molecule has 6 nitrogen and oxygen atoms in total. The molecule has 0 radical (unpaired) electrons. The number of benzene rings is 1. The molecule has 1 N–H and O–H groups in total. The van der Waals surface area contributed by atoms with Gasteiger partial charge in [0.05, 0.1) is 5.92 Å². The van der Waals surface area contributed by atoms with Gasteiger partial charge in [-0.25, -0.2) is 0 Å². The summed E-state index contributed by atoms with van der Waals surface area (Å²) in [6.45, 7) is 3.33. The first kappa shape index (κ1) is 17.5. The Morgan fingerprint density at radius 2 is 2.12 bits per heavy atom. The van der Waals surface area contributed by atoms with E-state index in [2.05, 4.69) is 22.4 Å². The number of hydrogen-bond donors (Lipinski definition) is 1. The molecule has 2 heterocycles. The fourth-order valence-corrected chi connectivity index (χ4v) is 3.64. The number of unbranched alkanes of at least 4 members (excludes halogenated alkanes) is 1. The molecule has 1 aromatic heterocycles. The van der Waals surface area contributed by atoms with Crippen molar-refractivity contribution in [1.29, 1.82) is 0 Å². The predicted molar refractivity (Wildman–Crippen MR) is 97.4 cm³/mol. The van der Waals surface area contributed by atoms with E-state index in [9.17, 15) is 9.59 Å². The molecule has 0 bridgehead atoms. The van der Waals surface area contributed by atoms with Crippen LogP contribution in [-0.2, 0) is 16.0 Å². The summed E-state index contributed by atoms with van der Waals surface area (Å²) < 4.78 is 0. The fraction of sp³-hybridized carbons (Fsp3) is 0.444. The lowest BCUT2D eigenvalue weighted by molar-refractivity contribution is -0.128. The van der Waals surface area contributed by atoms with Gasteiger partial charge in [0.25, 0.3) is 0 Å². The third kappa shape index (κ3) is 4.63. The Bertz CT molecular complexity index is 732. The monoisotopic (exact) mass is 358 g/mol. The number of anilines is 1. The molecular formula is C18H22N4O2S. The Labute approximate surface area is 151 Å². The lowest BCUT2D eigenvalue weighted by Crippen LogP contribution is -2.29. The average molecular weight is 358 g/mol. The van der Waals surface area contributed by atoms with E-state index in [4.69, 9.17) is 0 Å².